The molecule has 0 amide bonds. The van der Waals surface area contributed by atoms with Crippen LogP contribution in [0, 0.1) is 11.3 Å². The molecule has 19 heavy (non-hydrogen) atoms. The molecule has 0 aliphatic rings. The lowest BCUT2D eigenvalue weighted by molar-refractivity contribution is 0.0694. The lowest BCUT2D eigenvalue weighted by atomic mass is 10.1. The van der Waals surface area contributed by atoms with E-state index in [1.165, 1.54) is 6.07 Å². The van der Waals surface area contributed by atoms with Gasteiger partial charge in [-0.05, 0) is 36.4 Å². The van der Waals surface area contributed by atoms with Crippen molar-refractivity contribution in [3.63, 3.8) is 0 Å². The van der Waals surface area contributed by atoms with Crippen molar-refractivity contribution in [3.8, 4) is 17.6 Å². The maximum atomic E-state index is 11.1. The summed E-state index contributed by atoms with van der Waals surface area (Å²) >= 11 is 0. The molecule has 0 saturated carbocycles. The van der Waals surface area contributed by atoms with Crippen LogP contribution in [0.4, 0.5) is 5.69 Å². The number of carboxylic acids is 1. The predicted octanol–water partition coefficient (Wildman–Crippen LogP) is 2.63. The minimum atomic E-state index is -1.11. The molecule has 0 bridgehead atoms. The van der Waals surface area contributed by atoms with Crippen LogP contribution >= 0.6 is 0 Å². The summed E-state index contributed by atoms with van der Waals surface area (Å²) in [5, 5.41) is 17.8. The Morgan fingerprint density at radius 2 is 1.89 bits per heavy atom. The standard InChI is InChI=1S/C14H10N2O3/c15-8-9-4-6-10(7-5-9)19-13-11(14(17)18)2-1-3-12(13)16/h1-7H,16H2,(H,17,18). The summed E-state index contributed by atoms with van der Waals surface area (Å²) in [6.45, 7) is 0. The van der Waals surface area contributed by atoms with Gasteiger partial charge < -0.3 is 15.6 Å². The first-order valence-electron chi connectivity index (χ1n) is 5.41. The van der Waals surface area contributed by atoms with Crippen molar-refractivity contribution in [1.82, 2.24) is 0 Å². The van der Waals surface area contributed by atoms with E-state index in [-0.39, 0.29) is 17.0 Å². The Bertz CT molecular complexity index is 657. The van der Waals surface area contributed by atoms with Gasteiger partial charge in [-0.2, -0.15) is 5.26 Å². The van der Waals surface area contributed by atoms with Crippen molar-refractivity contribution in [2.45, 2.75) is 0 Å². The van der Waals surface area contributed by atoms with Crippen LogP contribution in [-0.4, -0.2) is 11.1 Å². The maximum Gasteiger partial charge on any atom is 0.339 e. The fourth-order valence-corrected chi connectivity index (χ4v) is 1.55. The van der Waals surface area contributed by atoms with Crippen LogP contribution in [0.25, 0.3) is 0 Å². The summed E-state index contributed by atoms with van der Waals surface area (Å²) in [5.41, 5.74) is 6.45. The van der Waals surface area contributed by atoms with E-state index in [9.17, 15) is 4.79 Å². The first-order valence-corrected chi connectivity index (χ1v) is 5.41. The summed E-state index contributed by atoms with van der Waals surface area (Å²) in [4.78, 5) is 11.1. The second-order valence-corrected chi connectivity index (χ2v) is 3.77. The number of para-hydroxylation sites is 1. The molecule has 0 aromatic heterocycles. The number of anilines is 1. The van der Waals surface area contributed by atoms with Gasteiger partial charge in [-0.1, -0.05) is 6.07 Å². The van der Waals surface area contributed by atoms with Gasteiger partial charge in [0.2, 0.25) is 0 Å². The Morgan fingerprint density at radius 3 is 2.47 bits per heavy atom. The second-order valence-electron chi connectivity index (χ2n) is 3.77. The lowest BCUT2D eigenvalue weighted by Gasteiger charge is -2.11. The Kier molecular flexibility index (Phi) is 3.35. The Morgan fingerprint density at radius 1 is 1.21 bits per heavy atom. The number of rotatable bonds is 3. The number of nitrogens with two attached hydrogens (primary N) is 1. The zero-order valence-corrected chi connectivity index (χ0v) is 9.83. The number of aromatic carboxylic acids is 1. The number of nitrogens with zero attached hydrogens (tertiary/aromatic N) is 1. The molecule has 3 N–H and O–H groups in total. The monoisotopic (exact) mass is 254 g/mol. The van der Waals surface area contributed by atoms with Crippen LogP contribution in [0.2, 0.25) is 0 Å². The summed E-state index contributed by atoms with van der Waals surface area (Å²) in [7, 11) is 0. The molecule has 0 saturated heterocycles. The number of carboxylic acid groups (broad SMARTS) is 1. The molecule has 2 rings (SSSR count). The van der Waals surface area contributed by atoms with E-state index in [1.807, 2.05) is 6.07 Å². The van der Waals surface area contributed by atoms with Gasteiger partial charge in [-0.3, -0.25) is 0 Å². The van der Waals surface area contributed by atoms with Crippen LogP contribution in [0.15, 0.2) is 42.5 Å². The Balaban J connectivity index is 2.37. The van der Waals surface area contributed by atoms with E-state index >= 15 is 0 Å². The van der Waals surface area contributed by atoms with E-state index in [4.69, 9.17) is 20.8 Å². The first kappa shape index (κ1) is 12.5. The topological polar surface area (TPSA) is 96.3 Å². The molecule has 0 unspecified atom stereocenters. The zero-order chi connectivity index (χ0) is 13.8. The van der Waals surface area contributed by atoms with Crippen molar-refractivity contribution in [3.05, 3.63) is 53.6 Å². The van der Waals surface area contributed by atoms with Crippen LogP contribution in [0.5, 0.6) is 11.5 Å². The number of ether oxygens (including phenoxy) is 1. The smallest absolute Gasteiger partial charge is 0.339 e. The molecular weight excluding hydrogens is 244 g/mol. The van der Waals surface area contributed by atoms with E-state index in [1.54, 1.807) is 36.4 Å². The van der Waals surface area contributed by atoms with Crippen LogP contribution in [-0.2, 0) is 0 Å². The number of benzene rings is 2. The van der Waals surface area contributed by atoms with Gasteiger partial charge in [0.25, 0.3) is 0 Å². The summed E-state index contributed by atoms with van der Waals surface area (Å²) < 4.78 is 5.49. The van der Waals surface area contributed by atoms with Crippen molar-refractivity contribution >= 4 is 11.7 Å². The van der Waals surface area contributed by atoms with Crippen LogP contribution in [0.3, 0.4) is 0 Å². The van der Waals surface area contributed by atoms with Gasteiger partial charge in [-0.15, -0.1) is 0 Å². The third kappa shape index (κ3) is 2.64. The predicted molar refractivity (Wildman–Crippen MR) is 69.0 cm³/mol. The van der Waals surface area contributed by atoms with Gasteiger partial charge in [-0.25, -0.2) is 4.79 Å². The highest BCUT2D eigenvalue weighted by molar-refractivity contribution is 5.93. The quantitative estimate of drug-likeness (QED) is 0.820. The lowest BCUT2D eigenvalue weighted by Crippen LogP contribution is -2.02. The van der Waals surface area contributed by atoms with Crippen molar-refractivity contribution in [2.75, 3.05) is 5.73 Å². The van der Waals surface area contributed by atoms with Crippen LogP contribution < -0.4 is 10.5 Å². The fraction of sp³-hybridized carbons (Fsp3) is 0. The van der Waals surface area contributed by atoms with Crippen molar-refractivity contribution in [2.24, 2.45) is 0 Å². The van der Waals surface area contributed by atoms with Gasteiger partial charge in [0.05, 0.1) is 17.3 Å². The van der Waals surface area contributed by atoms with E-state index in [0.29, 0.717) is 11.3 Å². The van der Waals surface area contributed by atoms with Crippen molar-refractivity contribution < 1.29 is 14.6 Å². The summed E-state index contributed by atoms with van der Waals surface area (Å²) in [5.74, 6) is -0.602. The second kappa shape index (κ2) is 5.10. The molecule has 0 radical (unpaired) electrons. The number of nitriles is 1. The van der Waals surface area contributed by atoms with Gasteiger partial charge in [0, 0.05) is 0 Å². The van der Waals surface area contributed by atoms with Gasteiger partial charge in [0.1, 0.15) is 11.3 Å². The molecule has 0 fully saturated rings. The third-order valence-electron chi connectivity index (χ3n) is 2.48. The zero-order valence-electron chi connectivity index (χ0n) is 9.83. The minimum absolute atomic E-state index is 0.00985. The molecule has 94 valence electrons. The van der Waals surface area contributed by atoms with E-state index in [0.717, 1.165) is 0 Å². The normalized spacial score (nSPS) is 9.63. The highest BCUT2D eigenvalue weighted by Gasteiger charge is 2.14. The first-order chi connectivity index (χ1) is 9.11. The molecule has 0 aliphatic carbocycles. The molecule has 0 spiro atoms. The van der Waals surface area contributed by atoms with Gasteiger partial charge in [0.15, 0.2) is 5.75 Å². The Labute approximate surface area is 109 Å². The molecule has 0 heterocycles. The van der Waals surface area contributed by atoms with Gasteiger partial charge >= 0.3 is 5.97 Å². The summed E-state index contributed by atoms with van der Waals surface area (Å²) in [6, 6.07) is 12.8. The average Bonchev–Trinajstić information content (AvgIpc) is 2.41. The number of hydrogen-bond donors (Lipinski definition) is 2. The maximum absolute atomic E-state index is 11.1. The Hall–Kier alpha value is -3.00. The van der Waals surface area contributed by atoms with E-state index < -0.39 is 5.97 Å². The van der Waals surface area contributed by atoms with E-state index in [2.05, 4.69) is 0 Å². The highest BCUT2D eigenvalue weighted by atomic mass is 16.5. The van der Waals surface area contributed by atoms with Crippen LogP contribution in [0.1, 0.15) is 15.9 Å². The largest absolute Gasteiger partial charge is 0.478 e. The summed E-state index contributed by atoms with van der Waals surface area (Å²) in [6.07, 6.45) is 0. The molecule has 2 aromatic rings. The molecule has 2 aromatic carbocycles. The molecule has 5 heteroatoms. The number of hydrogen-bond acceptors (Lipinski definition) is 4. The third-order valence-corrected chi connectivity index (χ3v) is 2.48. The minimum Gasteiger partial charge on any atom is -0.478 e. The molecule has 0 aliphatic heterocycles. The fourth-order valence-electron chi connectivity index (χ4n) is 1.55. The van der Waals surface area contributed by atoms with Crippen molar-refractivity contribution in [1.29, 1.82) is 5.26 Å². The molecule has 0 atom stereocenters. The average molecular weight is 254 g/mol. The number of carbonyl (C=O) groups is 1. The number of nitrogen functional groups attached to an aromatic ring is 1. The highest BCUT2D eigenvalue weighted by Crippen LogP contribution is 2.31. The molecule has 5 nitrogen and oxygen atoms in total. The SMILES string of the molecule is N#Cc1ccc(Oc2c(N)cccc2C(=O)O)cc1. The molecular formula is C14H10N2O3.